The first kappa shape index (κ1) is 23.6. The summed E-state index contributed by atoms with van der Waals surface area (Å²) in [6, 6.07) is 23.7. The molecule has 1 heterocycles. The minimum Gasteiger partial charge on any atom is -0.486 e. The van der Waals surface area contributed by atoms with E-state index in [0.29, 0.717) is 11.0 Å². The lowest BCUT2D eigenvalue weighted by Gasteiger charge is -2.16. The van der Waals surface area contributed by atoms with Crippen molar-refractivity contribution in [1.29, 1.82) is 0 Å². The molecule has 4 aromatic rings. The van der Waals surface area contributed by atoms with Crippen molar-refractivity contribution in [1.82, 2.24) is 14.8 Å². The maximum Gasteiger partial charge on any atom is 0.237 e. The van der Waals surface area contributed by atoms with Crippen molar-refractivity contribution in [3.05, 3.63) is 95.3 Å². The molecule has 0 radical (unpaired) electrons. The van der Waals surface area contributed by atoms with Crippen LogP contribution in [0, 0.1) is 20.8 Å². The number of carbonyl (C=O) groups excluding carboxylic acids is 1. The van der Waals surface area contributed by atoms with Crippen molar-refractivity contribution in [2.45, 2.75) is 44.7 Å². The number of aromatic nitrogens is 3. The third-order valence-electron chi connectivity index (χ3n) is 5.45. The lowest BCUT2D eigenvalue weighted by atomic mass is 10.1. The van der Waals surface area contributed by atoms with Gasteiger partial charge in [-0.15, -0.1) is 10.2 Å². The van der Waals surface area contributed by atoms with Crippen LogP contribution in [-0.2, 0) is 11.4 Å². The second-order valence-electron chi connectivity index (χ2n) is 8.19. The van der Waals surface area contributed by atoms with Crippen LogP contribution in [0.4, 0.5) is 5.69 Å². The van der Waals surface area contributed by atoms with Gasteiger partial charge in [-0.25, -0.2) is 0 Å². The number of amides is 1. The number of benzene rings is 3. The average Bonchev–Trinajstić information content (AvgIpc) is 3.23. The second-order valence-corrected chi connectivity index (χ2v) is 9.50. The van der Waals surface area contributed by atoms with Gasteiger partial charge in [0, 0.05) is 11.4 Å². The van der Waals surface area contributed by atoms with Crippen LogP contribution < -0.4 is 10.1 Å². The molecule has 0 spiro atoms. The Morgan fingerprint density at radius 2 is 1.68 bits per heavy atom. The van der Waals surface area contributed by atoms with Gasteiger partial charge in [0.1, 0.15) is 12.4 Å². The number of rotatable bonds is 8. The van der Waals surface area contributed by atoms with Gasteiger partial charge in [-0.2, -0.15) is 0 Å². The number of hydrogen-bond donors (Lipinski definition) is 1. The summed E-state index contributed by atoms with van der Waals surface area (Å²) in [6.45, 7) is 8.15. The van der Waals surface area contributed by atoms with Crippen molar-refractivity contribution >= 4 is 23.4 Å². The van der Waals surface area contributed by atoms with Crippen molar-refractivity contribution in [3.8, 4) is 11.4 Å². The fraction of sp³-hybridized carbons (Fsp3) is 0.222. The zero-order chi connectivity index (χ0) is 24.1. The van der Waals surface area contributed by atoms with Gasteiger partial charge in [-0.3, -0.25) is 9.36 Å². The van der Waals surface area contributed by atoms with Crippen LogP contribution in [0.25, 0.3) is 5.69 Å². The molecule has 0 aliphatic carbocycles. The molecule has 0 fully saturated rings. The molecule has 0 saturated heterocycles. The molecule has 1 N–H and O–H groups in total. The summed E-state index contributed by atoms with van der Waals surface area (Å²) in [5.41, 5.74) is 4.97. The van der Waals surface area contributed by atoms with Crippen LogP contribution in [0.2, 0.25) is 0 Å². The third kappa shape index (κ3) is 5.48. The maximum atomic E-state index is 13.0. The smallest absolute Gasteiger partial charge is 0.237 e. The van der Waals surface area contributed by atoms with E-state index in [0.717, 1.165) is 33.8 Å². The van der Waals surface area contributed by atoms with Gasteiger partial charge in [0.2, 0.25) is 5.91 Å². The fourth-order valence-corrected chi connectivity index (χ4v) is 4.49. The Bertz CT molecular complexity index is 1270. The predicted molar refractivity (Wildman–Crippen MR) is 137 cm³/mol. The van der Waals surface area contributed by atoms with Gasteiger partial charge in [-0.1, -0.05) is 60.3 Å². The Balaban J connectivity index is 1.55. The minimum absolute atomic E-state index is 0.0810. The first-order valence-corrected chi connectivity index (χ1v) is 12.0. The van der Waals surface area contributed by atoms with E-state index in [2.05, 4.69) is 15.5 Å². The standard InChI is InChI=1S/C27H28N4O2S/c1-18-10-8-15-23(16-18)33-17-24-29-30-27(31(24)22-13-6-5-7-14-22)34-21(4)26(32)28-25-19(2)11-9-12-20(25)3/h5-16,21H,17H2,1-4H3,(H,28,32)/t21-/m0/s1. The SMILES string of the molecule is Cc1cccc(OCc2nnc(S[C@@H](C)C(=O)Nc3c(C)cccc3C)n2-c2ccccc2)c1. The molecule has 3 aromatic carbocycles. The number of aryl methyl sites for hydroxylation is 3. The molecule has 174 valence electrons. The highest BCUT2D eigenvalue weighted by Crippen LogP contribution is 2.28. The van der Waals surface area contributed by atoms with E-state index >= 15 is 0 Å². The van der Waals surface area contributed by atoms with Gasteiger partial charge < -0.3 is 10.1 Å². The predicted octanol–water partition coefficient (Wildman–Crippen LogP) is 5.89. The zero-order valence-electron chi connectivity index (χ0n) is 19.8. The van der Waals surface area contributed by atoms with E-state index in [1.165, 1.54) is 11.8 Å². The molecular weight excluding hydrogens is 444 g/mol. The van der Waals surface area contributed by atoms with Crippen LogP contribution in [0.5, 0.6) is 5.75 Å². The Morgan fingerprint density at radius 1 is 0.971 bits per heavy atom. The van der Waals surface area contributed by atoms with E-state index in [1.807, 2.05) is 105 Å². The molecule has 1 amide bonds. The van der Waals surface area contributed by atoms with Gasteiger partial charge in [-0.05, 0) is 68.7 Å². The number of ether oxygens (including phenoxy) is 1. The van der Waals surface area contributed by atoms with Crippen molar-refractivity contribution in [2.75, 3.05) is 5.32 Å². The van der Waals surface area contributed by atoms with E-state index in [1.54, 1.807) is 0 Å². The second kappa shape index (κ2) is 10.6. The quantitative estimate of drug-likeness (QED) is 0.324. The molecule has 0 saturated carbocycles. The van der Waals surface area contributed by atoms with Crippen LogP contribution >= 0.6 is 11.8 Å². The van der Waals surface area contributed by atoms with E-state index < -0.39 is 0 Å². The van der Waals surface area contributed by atoms with Gasteiger partial charge in [0.25, 0.3) is 0 Å². The zero-order valence-corrected chi connectivity index (χ0v) is 20.6. The molecule has 1 atom stereocenters. The number of hydrogen-bond acceptors (Lipinski definition) is 5. The summed E-state index contributed by atoms with van der Waals surface area (Å²) < 4.78 is 7.94. The van der Waals surface area contributed by atoms with Gasteiger partial charge >= 0.3 is 0 Å². The molecule has 34 heavy (non-hydrogen) atoms. The topological polar surface area (TPSA) is 69.0 Å². The van der Waals surface area contributed by atoms with E-state index in [-0.39, 0.29) is 17.8 Å². The molecule has 6 nitrogen and oxygen atoms in total. The molecular formula is C27H28N4O2S. The molecule has 4 rings (SSSR count). The third-order valence-corrected chi connectivity index (χ3v) is 6.50. The molecule has 0 unspecified atom stereocenters. The van der Waals surface area contributed by atoms with Crippen LogP contribution in [0.3, 0.4) is 0 Å². The highest BCUT2D eigenvalue weighted by molar-refractivity contribution is 8.00. The first-order chi connectivity index (χ1) is 16.4. The molecule has 0 aliphatic rings. The normalized spacial score (nSPS) is 11.8. The van der Waals surface area contributed by atoms with Crippen molar-refractivity contribution in [2.24, 2.45) is 0 Å². The monoisotopic (exact) mass is 472 g/mol. The largest absolute Gasteiger partial charge is 0.486 e. The van der Waals surface area contributed by atoms with E-state index in [4.69, 9.17) is 4.74 Å². The highest BCUT2D eigenvalue weighted by Gasteiger charge is 2.22. The maximum absolute atomic E-state index is 13.0. The summed E-state index contributed by atoms with van der Waals surface area (Å²) >= 11 is 1.37. The van der Waals surface area contributed by atoms with Crippen molar-refractivity contribution in [3.63, 3.8) is 0 Å². The number of thioether (sulfide) groups is 1. The molecule has 7 heteroatoms. The number of anilines is 1. The van der Waals surface area contributed by atoms with Gasteiger partial charge in [0.15, 0.2) is 11.0 Å². The Hall–Kier alpha value is -3.58. The first-order valence-electron chi connectivity index (χ1n) is 11.2. The number of nitrogens with zero attached hydrogens (tertiary/aromatic N) is 3. The highest BCUT2D eigenvalue weighted by atomic mass is 32.2. The number of nitrogens with one attached hydrogen (secondary N) is 1. The number of para-hydroxylation sites is 2. The van der Waals surface area contributed by atoms with Gasteiger partial charge in [0.05, 0.1) is 5.25 Å². The molecule has 0 bridgehead atoms. The Kier molecular flexibility index (Phi) is 7.33. The Labute approximate surface area is 204 Å². The summed E-state index contributed by atoms with van der Waals surface area (Å²) in [5.74, 6) is 1.36. The van der Waals surface area contributed by atoms with Crippen LogP contribution in [0.15, 0.2) is 78.0 Å². The number of carbonyl (C=O) groups is 1. The van der Waals surface area contributed by atoms with Crippen LogP contribution in [0.1, 0.15) is 29.4 Å². The summed E-state index contributed by atoms with van der Waals surface area (Å²) in [4.78, 5) is 13.0. The fourth-order valence-electron chi connectivity index (χ4n) is 3.61. The average molecular weight is 473 g/mol. The lowest BCUT2D eigenvalue weighted by molar-refractivity contribution is -0.115. The summed E-state index contributed by atoms with van der Waals surface area (Å²) in [6.07, 6.45) is 0. The minimum atomic E-state index is -0.379. The van der Waals surface area contributed by atoms with Crippen molar-refractivity contribution < 1.29 is 9.53 Å². The Morgan fingerprint density at radius 3 is 2.38 bits per heavy atom. The lowest BCUT2D eigenvalue weighted by Crippen LogP contribution is -2.24. The van der Waals surface area contributed by atoms with E-state index in [9.17, 15) is 4.79 Å². The molecule has 0 aliphatic heterocycles. The summed E-state index contributed by atoms with van der Waals surface area (Å²) in [5, 5.41) is 12.1. The molecule has 1 aromatic heterocycles. The summed E-state index contributed by atoms with van der Waals surface area (Å²) in [7, 11) is 0. The van der Waals surface area contributed by atoms with Crippen LogP contribution in [-0.4, -0.2) is 25.9 Å².